The smallest absolute Gasteiger partial charge is 0.342 e. The number of hydrogen-bond acceptors (Lipinski definition) is 5. The molecule has 0 heterocycles. The lowest BCUT2D eigenvalue weighted by Gasteiger charge is -2.10. The Morgan fingerprint density at radius 3 is 2.48 bits per heavy atom. The Morgan fingerprint density at radius 2 is 1.78 bits per heavy atom. The van der Waals surface area contributed by atoms with E-state index < -0.39 is 24.3 Å². The van der Waals surface area contributed by atoms with Gasteiger partial charge in [-0.25, -0.2) is 9.18 Å². The first-order valence-electron chi connectivity index (χ1n) is 7.72. The second-order valence-electron chi connectivity index (χ2n) is 5.59. The van der Waals surface area contributed by atoms with Gasteiger partial charge in [0.2, 0.25) is 0 Å². The lowest BCUT2D eigenvalue weighted by molar-refractivity contribution is -0.119. The molecule has 0 bridgehead atoms. The van der Waals surface area contributed by atoms with Crippen LogP contribution in [-0.2, 0) is 9.53 Å². The van der Waals surface area contributed by atoms with Crippen LogP contribution in [0.1, 0.15) is 10.4 Å². The molecule has 138 valence electrons. The van der Waals surface area contributed by atoms with Gasteiger partial charge in [0.25, 0.3) is 5.91 Å². The fourth-order valence-corrected chi connectivity index (χ4v) is 2.66. The molecule has 8 heteroatoms. The number of aromatic hydroxyl groups is 2. The minimum absolute atomic E-state index is 0.165. The summed E-state index contributed by atoms with van der Waals surface area (Å²) in [4.78, 5) is 24.0. The summed E-state index contributed by atoms with van der Waals surface area (Å²) in [6, 6.07) is 11.1. The second kappa shape index (κ2) is 7.51. The van der Waals surface area contributed by atoms with Crippen LogP contribution in [-0.4, -0.2) is 28.7 Å². The number of phenols is 2. The second-order valence-corrected chi connectivity index (χ2v) is 6.00. The summed E-state index contributed by atoms with van der Waals surface area (Å²) < 4.78 is 18.0. The largest absolute Gasteiger partial charge is 0.507 e. The van der Waals surface area contributed by atoms with Crippen molar-refractivity contribution >= 4 is 39.9 Å². The standard InChI is InChI=1S/C19H13ClFNO5/c20-14-7-10(5-6-15(14)21)22-17(24)9-27-19(26)13-8-16(23)11-3-1-2-4-12(11)18(13)25/h1-8,23,25H,9H2,(H,22,24). The van der Waals surface area contributed by atoms with Crippen LogP contribution >= 0.6 is 11.6 Å². The van der Waals surface area contributed by atoms with E-state index in [4.69, 9.17) is 16.3 Å². The highest BCUT2D eigenvalue weighted by molar-refractivity contribution is 6.31. The molecule has 0 spiro atoms. The summed E-state index contributed by atoms with van der Waals surface area (Å²) in [6.45, 7) is -0.652. The Balaban J connectivity index is 1.70. The molecule has 1 amide bonds. The topological polar surface area (TPSA) is 95.9 Å². The maximum atomic E-state index is 13.1. The van der Waals surface area contributed by atoms with Crippen molar-refractivity contribution in [3.05, 3.63) is 64.9 Å². The lowest BCUT2D eigenvalue weighted by atomic mass is 10.0. The predicted octanol–water partition coefficient (Wildman–Crippen LogP) is 3.84. The number of rotatable bonds is 4. The van der Waals surface area contributed by atoms with E-state index in [-0.39, 0.29) is 33.2 Å². The summed E-state index contributed by atoms with van der Waals surface area (Å²) in [7, 11) is 0. The zero-order valence-corrected chi connectivity index (χ0v) is 14.5. The average molecular weight is 390 g/mol. The van der Waals surface area contributed by atoms with Crippen LogP contribution < -0.4 is 5.32 Å². The first-order valence-corrected chi connectivity index (χ1v) is 8.10. The van der Waals surface area contributed by atoms with E-state index >= 15 is 0 Å². The molecule has 3 N–H and O–H groups in total. The zero-order valence-electron chi connectivity index (χ0n) is 13.7. The third kappa shape index (κ3) is 3.93. The van der Waals surface area contributed by atoms with Gasteiger partial charge in [-0.1, -0.05) is 35.9 Å². The van der Waals surface area contributed by atoms with Crippen molar-refractivity contribution in [3.8, 4) is 11.5 Å². The number of fused-ring (bicyclic) bond motifs is 1. The number of hydrogen-bond donors (Lipinski definition) is 3. The molecule has 3 aromatic rings. The molecule has 6 nitrogen and oxygen atoms in total. The van der Waals surface area contributed by atoms with Crippen LogP contribution in [0.25, 0.3) is 10.8 Å². The van der Waals surface area contributed by atoms with Gasteiger partial charge >= 0.3 is 5.97 Å². The van der Waals surface area contributed by atoms with Gasteiger partial charge in [-0.05, 0) is 24.3 Å². The van der Waals surface area contributed by atoms with Crippen LogP contribution in [0.15, 0.2) is 48.5 Å². The highest BCUT2D eigenvalue weighted by atomic mass is 35.5. The van der Waals surface area contributed by atoms with Crippen LogP contribution in [0, 0.1) is 5.82 Å². The van der Waals surface area contributed by atoms with E-state index in [1.165, 1.54) is 18.2 Å². The predicted molar refractivity (Wildman–Crippen MR) is 97.6 cm³/mol. The summed E-state index contributed by atoms with van der Waals surface area (Å²) >= 11 is 5.62. The number of amides is 1. The highest BCUT2D eigenvalue weighted by Gasteiger charge is 2.19. The Hall–Kier alpha value is -3.32. The van der Waals surface area contributed by atoms with Crippen molar-refractivity contribution in [1.82, 2.24) is 0 Å². The number of carbonyl (C=O) groups is 2. The number of carbonyl (C=O) groups excluding carboxylic acids is 2. The Labute approximate surface area is 157 Å². The maximum Gasteiger partial charge on any atom is 0.342 e. The van der Waals surface area contributed by atoms with Gasteiger partial charge in [-0.3, -0.25) is 4.79 Å². The molecule has 27 heavy (non-hydrogen) atoms. The molecule has 3 rings (SSSR count). The molecule has 0 aliphatic rings. The number of halogens is 2. The van der Waals surface area contributed by atoms with E-state index in [0.717, 1.165) is 12.1 Å². The van der Waals surface area contributed by atoms with Gasteiger partial charge in [0.15, 0.2) is 6.61 Å². The van der Waals surface area contributed by atoms with Crippen molar-refractivity contribution in [2.24, 2.45) is 0 Å². The van der Waals surface area contributed by atoms with Gasteiger partial charge in [-0.2, -0.15) is 0 Å². The summed E-state index contributed by atoms with van der Waals surface area (Å²) in [5.74, 6) is -2.87. The van der Waals surface area contributed by atoms with Crippen LogP contribution in [0.2, 0.25) is 5.02 Å². The molecule has 0 saturated heterocycles. The maximum absolute atomic E-state index is 13.1. The fourth-order valence-electron chi connectivity index (χ4n) is 2.48. The van der Waals surface area contributed by atoms with Crippen molar-refractivity contribution in [1.29, 1.82) is 0 Å². The minimum atomic E-state index is -0.985. The number of nitrogens with one attached hydrogen (secondary N) is 1. The van der Waals surface area contributed by atoms with Gasteiger partial charge in [-0.15, -0.1) is 0 Å². The van der Waals surface area contributed by atoms with Crippen molar-refractivity contribution in [2.75, 3.05) is 11.9 Å². The van der Waals surface area contributed by atoms with E-state index in [0.29, 0.717) is 5.39 Å². The quantitative estimate of drug-likeness (QED) is 0.465. The van der Waals surface area contributed by atoms with Crippen molar-refractivity contribution in [3.63, 3.8) is 0 Å². The van der Waals surface area contributed by atoms with Gasteiger partial charge in [0.1, 0.15) is 22.9 Å². The SMILES string of the molecule is O=C(COC(=O)c1cc(O)c2ccccc2c1O)Nc1ccc(F)c(Cl)c1. The Morgan fingerprint density at radius 1 is 1.07 bits per heavy atom. The van der Waals surface area contributed by atoms with Crippen molar-refractivity contribution in [2.45, 2.75) is 0 Å². The monoisotopic (exact) mass is 389 g/mol. The van der Waals surface area contributed by atoms with E-state index in [9.17, 15) is 24.2 Å². The molecule has 3 aromatic carbocycles. The molecule has 0 unspecified atom stereocenters. The number of esters is 1. The van der Waals surface area contributed by atoms with E-state index in [2.05, 4.69) is 5.32 Å². The van der Waals surface area contributed by atoms with Crippen molar-refractivity contribution < 1.29 is 28.9 Å². The van der Waals surface area contributed by atoms with Gasteiger partial charge < -0.3 is 20.3 Å². The number of ether oxygens (including phenoxy) is 1. The first-order chi connectivity index (χ1) is 12.9. The molecule has 0 atom stereocenters. The molecular weight excluding hydrogens is 377 g/mol. The molecule has 0 fully saturated rings. The number of phenolic OH excluding ortho intramolecular Hbond substituents is 2. The van der Waals surface area contributed by atoms with Crippen LogP contribution in [0.4, 0.5) is 10.1 Å². The highest BCUT2D eigenvalue weighted by Crippen LogP contribution is 2.35. The zero-order chi connectivity index (χ0) is 19.6. The molecule has 0 radical (unpaired) electrons. The Bertz CT molecular complexity index is 1050. The third-order valence-corrected chi connectivity index (χ3v) is 4.04. The molecule has 0 aliphatic heterocycles. The molecule has 0 saturated carbocycles. The van der Waals surface area contributed by atoms with Crippen LogP contribution in [0.5, 0.6) is 11.5 Å². The summed E-state index contributed by atoms with van der Waals surface area (Å²) in [5, 5.41) is 23.1. The number of anilines is 1. The van der Waals surface area contributed by atoms with E-state index in [1.807, 2.05) is 0 Å². The molecular formula is C19H13ClFNO5. The fraction of sp³-hybridized carbons (Fsp3) is 0.0526. The first kappa shape index (κ1) is 18.5. The van der Waals surface area contributed by atoms with Gasteiger partial charge in [0, 0.05) is 16.5 Å². The molecule has 0 aliphatic carbocycles. The van der Waals surface area contributed by atoms with Crippen LogP contribution in [0.3, 0.4) is 0 Å². The van der Waals surface area contributed by atoms with Gasteiger partial charge in [0.05, 0.1) is 5.02 Å². The average Bonchev–Trinajstić information content (AvgIpc) is 2.66. The Kier molecular flexibility index (Phi) is 5.14. The summed E-state index contributed by atoms with van der Waals surface area (Å²) in [6.07, 6.45) is 0. The number of benzene rings is 3. The molecule has 0 aromatic heterocycles. The normalized spacial score (nSPS) is 10.6. The van der Waals surface area contributed by atoms with E-state index in [1.54, 1.807) is 18.2 Å². The lowest BCUT2D eigenvalue weighted by Crippen LogP contribution is -2.21. The summed E-state index contributed by atoms with van der Waals surface area (Å²) in [5.41, 5.74) is -0.0440. The minimum Gasteiger partial charge on any atom is -0.507 e. The third-order valence-electron chi connectivity index (χ3n) is 3.75.